The van der Waals surface area contributed by atoms with Crippen molar-refractivity contribution in [2.45, 2.75) is 17.6 Å². The van der Waals surface area contributed by atoms with E-state index < -0.39 is 4.92 Å². The number of benzene rings is 2. The topological polar surface area (TPSA) is 69.2 Å². The summed E-state index contributed by atoms with van der Waals surface area (Å²) < 4.78 is 0. The lowest BCUT2D eigenvalue weighted by Crippen LogP contribution is -1.96. The molecule has 0 bridgehead atoms. The maximum absolute atomic E-state index is 11.0. The molecule has 4 nitrogen and oxygen atoms in total. The first kappa shape index (κ1) is 14.7. The van der Waals surface area contributed by atoms with E-state index in [1.807, 2.05) is 25.1 Å². The number of thioether (sulfide) groups is 1. The van der Waals surface area contributed by atoms with Gasteiger partial charge in [0.2, 0.25) is 0 Å². The SMILES string of the molecule is Cc1cccc(SCc2c(Cl)cccc2[N+](=O)[O-])c1N. The molecule has 0 atom stereocenters. The van der Waals surface area contributed by atoms with E-state index in [-0.39, 0.29) is 5.69 Å². The first-order valence-electron chi connectivity index (χ1n) is 5.90. The monoisotopic (exact) mass is 308 g/mol. The summed E-state index contributed by atoms with van der Waals surface area (Å²) in [5.41, 5.74) is 8.24. The predicted molar refractivity (Wildman–Crippen MR) is 83.3 cm³/mol. The zero-order chi connectivity index (χ0) is 14.7. The molecule has 2 rings (SSSR count). The maximum Gasteiger partial charge on any atom is 0.274 e. The molecule has 20 heavy (non-hydrogen) atoms. The summed E-state index contributed by atoms with van der Waals surface area (Å²) in [6, 6.07) is 10.4. The summed E-state index contributed by atoms with van der Waals surface area (Å²) >= 11 is 7.51. The van der Waals surface area contributed by atoms with E-state index in [4.69, 9.17) is 17.3 Å². The highest BCUT2D eigenvalue weighted by Gasteiger charge is 2.17. The van der Waals surface area contributed by atoms with Gasteiger partial charge < -0.3 is 5.73 Å². The van der Waals surface area contributed by atoms with Crippen molar-refractivity contribution in [3.63, 3.8) is 0 Å². The van der Waals surface area contributed by atoms with Crippen LogP contribution in [0.4, 0.5) is 11.4 Å². The number of rotatable bonds is 4. The van der Waals surface area contributed by atoms with Gasteiger partial charge in [0.1, 0.15) is 0 Å². The average Bonchev–Trinajstić information content (AvgIpc) is 2.41. The van der Waals surface area contributed by atoms with Crippen molar-refractivity contribution >= 4 is 34.7 Å². The molecule has 104 valence electrons. The van der Waals surface area contributed by atoms with Crippen LogP contribution in [0.5, 0.6) is 0 Å². The number of para-hydroxylation sites is 1. The maximum atomic E-state index is 11.0. The van der Waals surface area contributed by atoms with Crippen LogP contribution in [-0.4, -0.2) is 4.92 Å². The lowest BCUT2D eigenvalue weighted by atomic mass is 10.2. The number of nitro benzene ring substituents is 1. The molecule has 0 aliphatic rings. The van der Waals surface area contributed by atoms with Crippen LogP contribution >= 0.6 is 23.4 Å². The fraction of sp³-hybridized carbons (Fsp3) is 0.143. The molecule has 2 N–H and O–H groups in total. The number of nitrogens with zero attached hydrogens (tertiary/aromatic N) is 1. The first-order chi connectivity index (χ1) is 9.50. The van der Waals surface area contributed by atoms with Gasteiger partial charge in [-0.05, 0) is 24.6 Å². The summed E-state index contributed by atoms with van der Waals surface area (Å²) in [5, 5.41) is 11.4. The van der Waals surface area contributed by atoms with Crippen LogP contribution < -0.4 is 5.73 Å². The van der Waals surface area contributed by atoms with Crippen molar-refractivity contribution in [1.82, 2.24) is 0 Å². The molecule has 2 aromatic rings. The fourth-order valence-electron chi connectivity index (χ4n) is 1.79. The number of halogens is 1. The molecule has 0 saturated carbocycles. The van der Waals surface area contributed by atoms with Gasteiger partial charge in [-0.25, -0.2) is 0 Å². The van der Waals surface area contributed by atoms with Crippen molar-refractivity contribution in [2.75, 3.05) is 5.73 Å². The highest BCUT2D eigenvalue weighted by atomic mass is 35.5. The molecule has 2 aromatic carbocycles. The average molecular weight is 309 g/mol. The highest BCUT2D eigenvalue weighted by molar-refractivity contribution is 7.98. The summed E-state index contributed by atoms with van der Waals surface area (Å²) in [7, 11) is 0. The lowest BCUT2D eigenvalue weighted by Gasteiger charge is -2.09. The molecule has 0 amide bonds. The largest absolute Gasteiger partial charge is 0.398 e. The Morgan fingerprint density at radius 2 is 2.00 bits per heavy atom. The second-order valence-electron chi connectivity index (χ2n) is 4.27. The molecule has 0 spiro atoms. The third-order valence-electron chi connectivity index (χ3n) is 2.95. The predicted octanol–water partition coefficient (Wildman–Crippen LogP) is 4.43. The minimum atomic E-state index is -0.415. The lowest BCUT2D eigenvalue weighted by molar-refractivity contribution is -0.385. The van der Waals surface area contributed by atoms with Crippen LogP contribution in [0.1, 0.15) is 11.1 Å². The number of aryl methyl sites for hydroxylation is 1. The van der Waals surface area contributed by atoms with Crippen LogP contribution in [0.25, 0.3) is 0 Å². The number of nitro groups is 1. The van der Waals surface area contributed by atoms with Gasteiger partial charge in [-0.3, -0.25) is 10.1 Å². The number of anilines is 1. The van der Waals surface area contributed by atoms with Gasteiger partial charge in [0, 0.05) is 22.4 Å². The Kier molecular flexibility index (Phi) is 4.52. The summed E-state index contributed by atoms with van der Waals surface area (Å²) in [5.74, 6) is 0.406. The Hall–Kier alpha value is -1.72. The van der Waals surface area contributed by atoms with Gasteiger partial charge in [0.15, 0.2) is 0 Å². The van der Waals surface area contributed by atoms with Crippen molar-refractivity contribution < 1.29 is 4.92 Å². The second kappa shape index (κ2) is 6.15. The Bertz CT molecular complexity index is 662. The van der Waals surface area contributed by atoms with E-state index in [0.29, 0.717) is 22.0 Å². The second-order valence-corrected chi connectivity index (χ2v) is 5.69. The Labute approximate surface area is 126 Å². The molecule has 0 heterocycles. The standard InChI is InChI=1S/C14H13ClN2O2S/c1-9-4-2-7-13(14(9)16)20-8-10-11(15)5-3-6-12(10)17(18)19/h2-7H,8,16H2,1H3. The number of nitrogen functional groups attached to an aromatic ring is 1. The summed E-state index contributed by atoms with van der Waals surface area (Å²) in [6.45, 7) is 1.93. The van der Waals surface area contributed by atoms with E-state index in [9.17, 15) is 10.1 Å². The van der Waals surface area contributed by atoms with Gasteiger partial charge in [-0.1, -0.05) is 29.8 Å². The Morgan fingerprint density at radius 3 is 2.70 bits per heavy atom. The zero-order valence-electron chi connectivity index (χ0n) is 10.8. The number of nitrogens with two attached hydrogens (primary N) is 1. The van der Waals surface area contributed by atoms with E-state index >= 15 is 0 Å². The molecule has 0 saturated heterocycles. The molecule has 0 fully saturated rings. The highest BCUT2D eigenvalue weighted by Crippen LogP contribution is 2.35. The zero-order valence-corrected chi connectivity index (χ0v) is 12.4. The van der Waals surface area contributed by atoms with Gasteiger partial charge in [-0.2, -0.15) is 0 Å². The fourth-order valence-corrected chi connectivity index (χ4v) is 3.20. The van der Waals surface area contributed by atoms with E-state index in [1.165, 1.54) is 17.8 Å². The minimum absolute atomic E-state index is 0.0382. The van der Waals surface area contributed by atoms with Gasteiger partial charge >= 0.3 is 0 Å². The van der Waals surface area contributed by atoms with Gasteiger partial charge in [-0.15, -0.1) is 11.8 Å². The molecular formula is C14H13ClN2O2S. The van der Waals surface area contributed by atoms with E-state index in [0.717, 1.165) is 10.5 Å². The minimum Gasteiger partial charge on any atom is -0.398 e. The Morgan fingerprint density at radius 1 is 1.30 bits per heavy atom. The molecule has 0 aliphatic carbocycles. The molecule has 0 aliphatic heterocycles. The molecule has 6 heteroatoms. The van der Waals surface area contributed by atoms with Crippen LogP contribution in [-0.2, 0) is 5.75 Å². The molecule has 0 aromatic heterocycles. The van der Waals surface area contributed by atoms with Crippen LogP contribution in [0.2, 0.25) is 5.02 Å². The third kappa shape index (κ3) is 3.05. The van der Waals surface area contributed by atoms with Crippen LogP contribution in [0, 0.1) is 17.0 Å². The van der Waals surface area contributed by atoms with E-state index in [1.54, 1.807) is 12.1 Å². The van der Waals surface area contributed by atoms with Crippen molar-refractivity contribution in [3.8, 4) is 0 Å². The van der Waals surface area contributed by atoms with Gasteiger partial charge in [0.25, 0.3) is 5.69 Å². The van der Waals surface area contributed by atoms with Crippen LogP contribution in [0.15, 0.2) is 41.3 Å². The number of hydrogen-bond acceptors (Lipinski definition) is 4. The van der Waals surface area contributed by atoms with Crippen molar-refractivity contribution in [1.29, 1.82) is 0 Å². The van der Waals surface area contributed by atoms with Crippen LogP contribution in [0.3, 0.4) is 0 Å². The molecule has 0 radical (unpaired) electrons. The normalized spacial score (nSPS) is 10.5. The summed E-state index contributed by atoms with van der Waals surface area (Å²) in [4.78, 5) is 11.5. The van der Waals surface area contributed by atoms with E-state index in [2.05, 4.69) is 0 Å². The van der Waals surface area contributed by atoms with Crippen molar-refractivity contribution in [3.05, 3.63) is 62.7 Å². The number of hydrogen-bond donors (Lipinski definition) is 1. The van der Waals surface area contributed by atoms with Gasteiger partial charge in [0.05, 0.1) is 15.5 Å². The smallest absolute Gasteiger partial charge is 0.274 e. The third-order valence-corrected chi connectivity index (χ3v) is 4.40. The summed E-state index contributed by atoms with van der Waals surface area (Å²) in [6.07, 6.45) is 0. The quantitative estimate of drug-likeness (QED) is 0.392. The molecular weight excluding hydrogens is 296 g/mol. The Balaban J connectivity index is 2.27. The molecule has 0 unspecified atom stereocenters. The van der Waals surface area contributed by atoms with Crippen molar-refractivity contribution in [2.24, 2.45) is 0 Å². The first-order valence-corrected chi connectivity index (χ1v) is 7.26.